The lowest BCUT2D eigenvalue weighted by Gasteiger charge is -2.26. The van der Waals surface area contributed by atoms with E-state index in [1.54, 1.807) is 19.1 Å². The van der Waals surface area contributed by atoms with Crippen molar-refractivity contribution in [2.75, 3.05) is 6.54 Å². The van der Waals surface area contributed by atoms with Gasteiger partial charge in [-0.05, 0) is 18.1 Å². The summed E-state index contributed by atoms with van der Waals surface area (Å²) in [5.74, 6) is -0.721. The first-order valence-corrected chi connectivity index (χ1v) is 11.3. The largest absolute Gasteiger partial charge is 0.386 e. The molecule has 8 heteroatoms. The number of aliphatic hydroxyl groups is 1. The maximum absolute atomic E-state index is 13.2. The second-order valence-electron chi connectivity index (χ2n) is 8.37. The predicted octanol–water partition coefficient (Wildman–Crippen LogP) is 2.51. The van der Waals surface area contributed by atoms with Gasteiger partial charge in [0.1, 0.15) is 11.7 Å². The molecule has 4 rings (SSSR count). The number of likely N-dealkylation sites (tertiary alicyclic amines) is 1. The minimum Gasteiger partial charge on any atom is -0.386 e. The topological polar surface area (TPSA) is 105 Å². The molecular formula is C26H28N4O4. The molecule has 2 amide bonds. The average Bonchev–Trinajstić information content (AvgIpc) is 3.32. The molecule has 0 aliphatic carbocycles. The summed E-state index contributed by atoms with van der Waals surface area (Å²) >= 11 is 0. The Labute approximate surface area is 198 Å². The number of ether oxygens (including phenoxy) is 1. The lowest BCUT2D eigenvalue weighted by molar-refractivity contribution is -0.126. The van der Waals surface area contributed by atoms with Crippen LogP contribution in [0.3, 0.4) is 0 Å². The van der Waals surface area contributed by atoms with Crippen molar-refractivity contribution in [2.45, 2.75) is 44.2 Å². The number of aromatic nitrogens is 2. The fourth-order valence-corrected chi connectivity index (χ4v) is 4.07. The molecule has 0 bridgehead atoms. The van der Waals surface area contributed by atoms with Crippen molar-refractivity contribution in [1.29, 1.82) is 0 Å². The van der Waals surface area contributed by atoms with Crippen molar-refractivity contribution < 1.29 is 19.4 Å². The van der Waals surface area contributed by atoms with Crippen molar-refractivity contribution in [3.8, 4) is 0 Å². The van der Waals surface area contributed by atoms with E-state index in [1.807, 2.05) is 48.5 Å². The first-order valence-electron chi connectivity index (χ1n) is 11.3. The first-order chi connectivity index (χ1) is 16.5. The highest BCUT2D eigenvalue weighted by molar-refractivity contribution is 5.96. The van der Waals surface area contributed by atoms with E-state index < -0.39 is 18.2 Å². The second kappa shape index (κ2) is 11.0. The molecule has 34 heavy (non-hydrogen) atoms. The van der Waals surface area contributed by atoms with Gasteiger partial charge in [-0.3, -0.25) is 14.6 Å². The third-order valence-corrected chi connectivity index (χ3v) is 5.92. The molecule has 4 unspecified atom stereocenters. The van der Waals surface area contributed by atoms with E-state index in [0.717, 1.165) is 5.56 Å². The number of nitrogens with one attached hydrogen (secondary N) is 1. The fraction of sp³-hybridized carbons (Fsp3) is 0.308. The Kier molecular flexibility index (Phi) is 7.61. The zero-order chi connectivity index (χ0) is 23.9. The highest BCUT2D eigenvalue weighted by atomic mass is 16.5. The van der Waals surface area contributed by atoms with Crippen molar-refractivity contribution in [3.63, 3.8) is 0 Å². The van der Waals surface area contributed by atoms with Crippen LogP contribution in [0.15, 0.2) is 79.3 Å². The Morgan fingerprint density at radius 1 is 1.12 bits per heavy atom. The summed E-state index contributed by atoms with van der Waals surface area (Å²) < 4.78 is 6.05. The minimum absolute atomic E-state index is 0.168. The Morgan fingerprint density at radius 2 is 1.82 bits per heavy atom. The number of benzene rings is 2. The molecule has 2 aromatic carbocycles. The van der Waals surface area contributed by atoms with Crippen molar-refractivity contribution in [3.05, 3.63) is 96.1 Å². The number of carbonyl (C=O) groups excluding carboxylic acids is 2. The molecule has 1 aliphatic rings. The summed E-state index contributed by atoms with van der Waals surface area (Å²) in [5.41, 5.74) is 1.89. The van der Waals surface area contributed by atoms with Gasteiger partial charge in [-0.1, -0.05) is 60.7 Å². The molecule has 1 aromatic heterocycles. The number of amides is 2. The maximum Gasteiger partial charge on any atom is 0.274 e. The Balaban J connectivity index is 1.47. The lowest BCUT2D eigenvalue weighted by Crippen LogP contribution is -2.49. The summed E-state index contributed by atoms with van der Waals surface area (Å²) in [5, 5.41) is 13.5. The number of aliphatic hydroxyl groups excluding tert-OH is 1. The Hall–Kier alpha value is -3.62. The Bertz CT molecular complexity index is 1080. The van der Waals surface area contributed by atoms with Crippen molar-refractivity contribution in [1.82, 2.24) is 20.2 Å². The van der Waals surface area contributed by atoms with Gasteiger partial charge in [-0.15, -0.1) is 0 Å². The highest BCUT2D eigenvalue weighted by Gasteiger charge is 2.41. The molecule has 1 saturated heterocycles. The second-order valence-corrected chi connectivity index (χ2v) is 8.37. The highest BCUT2D eigenvalue weighted by Crippen LogP contribution is 2.25. The van der Waals surface area contributed by atoms with Crippen LogP contribution in [0.25, 0.3) is 0 Å². The molecule has 2 heterocycles. The van der Waals surface area contributed by atoms with Crippen LogP contribution in [0.1, 0.15) is 41.1 Å². The van der Waals surface area contributed by atoms with Gasteiger partial charge in [0.05, 0.1) is 31.1 Å². The fourth-order valence-electron chi connectivity index (χ4n) is 4.07. The van der Waals surface area contributed by atoms with E-state index in [2.05, 4.69) is 15.3 Å². The number of hydrogen-bond acceptors (Lipinski definition) is 6. The van der Waals surface area contributed by atoms with E-state index in [9.17, 15) is 14.7 Å². The van der Waals surface area contributed by atoms with Gasteiger partial charge in [0, 0.05) is 25.4 Å². The molecule has 8 nitrogen and oxygen atoms in total. The van der Waals surface area contributed by atoms with Gasteiger partial charge in [-0.2, -0.15) is 0 Å². The molecular weight excluding hydrogens is 432 g/mol. The zero-order valence-corrected chi connectivity index (χ0v) is 18.9. The lowest BCUT2D eigenvalue weighted by atomic mass is 10.0. The summed E-state index contributed by atoms with van der Waals surface area (Å²) in [7, 11) is 0. The van der Waals surface area contributed by atoms with Crippen LogP contribution >= 0.6 is 0 Å². The van der Waals surface area contributed by atoms with Crippen LogP contribution in [-0.4, -0.2) is 56.5 Å². The van der Waals surface area contributed by atoms with Crippen LogP contribution in [-0.2, 0) is 16.1 Å². The van der Waals surface area contributed by atoms with E-state index in [0.29, 0.717) is 18.6 Å². The van der Waals surface area contributed by atoms with Crippen LogP contribution < -0.4 is 5.32 Å². The summed E-state index contributed by atoms with van der Waals surface area (Å²) in [6.07, 6.45) is 3.48. The molecule has 4 atom stereocenters. The van der Waals surface area contributed by atoms with E-state index in [1.165, 1.54) is 23.5 Å². The quantitative estimate of drug-likeness (QED) is 0.535. The van der Waals surface area contributed by atoms with Gasteiger partial charge in [0.25, 0.3) is 5.91 Å². The maximum atomic E-state index is 13.2. The van der Waals surface area contributed by atoms with E-state index >= 15 is 0 Å². The normalized spacial score (nSPS) is 19.4. The van der Waals surface area contributed by atoms with Gasteiger partial charge in [-0.25, -0.2) is 4.98 Å². The molecule has 176 valence electrons. The summed E-state index contributed by atoms with van der Waals surface area (Å²) in [6.45, 7) is 2.38. The smallest absolute Gasteiger partial charge is 0.274 e. The molecule has 1 fully saturated rings. The van der Waals surface area contributed by atoms with Crippen LogP contribution in [0.5, 0.6) is 0 Å². The van der Waals surface area contributed by atoms with Gasteiger partial charge < -0.3 is 20.1 Å². The number of carbonyl (C=O) groups is 2. The molecule has 3 aromatic rings. The van der Waals surface area contributed by atoms with Crippen LogP contribution in [0, 0.1) is 0 Å². The summed E-state index contributed by atoms with van der Waals surface area (Å²) in [4.78, 5) is 36.0. The van der Waals surface area contributed by atoms with E-state index in [-0.39, 0.29) is 30.2 Å². The monoisotopic (exact) mass is 460 g/mol. The molecule has 1 aliphatic heterocycles. The minimum atomic E-state index is -0.874. The zero-order valence-electron chi connectivity index (χ0n) is 18.9. The van der Waals surface area contributed by atoms with Gasteiger partial charge >= 0.3 is 0 Å². The number of rotatable bonds is 8. The standard InChI is InChI=1S/C26H28N4O4/c1-18(24(31)20-10-6-3-7-11-20)29-25(32)23-14-21(34-17-19-8-4-2-5-9-19)16-30(23)26(33)22-15-27-12-13-28-22/h2-13,15,18,21,23-24,31H,14,16-17H2,1H3,(H,29,32). The summed E-state index contributed by atoms with van der Waals surface area (Å²) in [6, 6.07) is 17.6. The van der Waals surface area contributed by atoms with Gasteiger partial charge in [0.2, 0.25) is 5.91 Å². The molecule has 2 N–H and O–H groups in total. The number of nitrogens with zero attached hydrogens (tertiary/aromatic N) is 3. The molecule has 0 spiro atoms. The third-order valence-electron chi connectivity index (χ3n) is 5.92. The van der Waals surface area contributed by atoms with Gasteiger partial charge in [0.15, 0.2) is 0 Å². The third kappa shape index (κ3) is 5.65. The van der Waals surface area contributed by atoms with Crippen molar-refractivity contribution in [2.24, 2.45) is 0 Å². The van der Waals surface area contributed by atoms with Crippen molar-refractivity contribution >= 4 is 11.8 Å². The predicted molar refractivity (Wildman–Crippen MR) is 125 cm³/mol. The Morgan fingerprint density at radius 3 is 2.50 bits per heavy atom. The number of hydrogen-bond donors (Lipinski definition) is 2. The average molecular weight is 461 g/mol. The molecule has 0 saturated carbocycles. The van der Waals surface area contributed by atoms with Crippen LogP contribution in [0.2, 0.25) is 0 Å². The van der Waals surface area contributed by atoms with Crippen LogP contribution in [0.4, 0.5) is 0 Å². The first kappa shape index (κ1) is 23.5. The molecule has 0 radical (unpaired) electrons. The SMILES string of the molecule is CC(NC(=O)C1CC(OCc2ccccc2)CN1C(=O)c1cnccn1)C(O)c1ccccc1. The van der Waals surface area contributed by atoms with E-state index in [4.69, 9.17) is 4.74 Å².